The van der Waals surface area contributed by atoms with Crippen LogP contribution in [0.1, 0.15) is 26.7 Å². The molecule has 1 N–H and O–H groups in total. The Morgan fingerprint density at radius 1 is 1.53 bits per heavy atom. The predicted molar refractivity (Wildman–Crippen MR) is 47.0 cm³/mol. The van der Waals surface area contributed by atoms with Crippen LogP contribution in [0.3, 0.4) is 0 Å². The molecule has 0 bridgehead atoms. The summed E-state index contributed by atoms with van der Waals surface area (Å²) in [5.41, 5.74) is 0. The summed E-state index contributed by atoms with van der Waals surface area (Å²) in [5, 5.41) is -4.49. The van der Waals surface area contributed by atoms with Crippen molar-refractivity contribution in [2.75, 3.05) is 0 Å². The first-order valence-electron chi connectivity index (χ1n) is 4.17. The quantitative estimate of drug-likeness (QED) is 0.582. The van der Waals surface area contributed by atoms with Crippen LogP contribution in [0.5, 0.6) is 0 Å². The highest BCUT2D eigenvalue weighted by Gasteiger charge is 2.51. The molecule has 0 saturated carbocycles. The first kappa shape index (κ1) is 14.2. The van der Waals surface area contributed by atoms with Crippen molar-refractivity contribution in [3.8, 4) is 0 Å². The number of esters is 1. The third-order valence-electron chi connectivity index (χ3n) is 1.58. The molecule has 0 aliphatic rings. The molecule has 0 saturated heterocycles. The van der Waals surface area contributed by atoms with Crippen LogP contribution in [0, 0.1) is 0 Å². The van der Waals surface area contributed by atoms with Gasteiger partial charge in [0.15, 0.2) is 6.10 Å². The van der Waals surface area contributed by atoms with Crippen molar-refractivity contribution in [3.63, 3.8) is 0 Å². The van der Waals surface area contributed by atoms with Gasteiger partial charge in [-0.15, -0.1) is 0 Å². The Labute approximate surface area is 86.2 Å². The van der Waals surface area contributed by atoms with Crippen LogP contribution in [0.2, 0.25) is 0 Å². The zero-order chi connectivity index (χ0) is 12.3. The fraction of sp³-hybridized carbons (Fsp3) is 0.857. The van der Waals surface area contributed by atoms with Gasteiger partial charge in [-0.25, -0.2) is 0 Å². The highest BCUT2D eigenvalue weighted by molar-refractivity contribution is 7.86. The molecule has 90 valence electrons. The molecule has 1 atom stereocenters. The van der Waals surface area contributed by atoms with Crippen LogP contribution in [0.4, 0.5) is 8.78 Å². The highest BCUT2D eigenvalue weighted by atomic mass is 32.2. The summed E-state index contributed by atoms with van der Waals surface area (Å²) in [5.74, 6) is -0.937. The van der Waals surface area contributed by atoms with E-state index in [9.17, 15) is 22.0 Å². The lowest BCUT2D eigenvalue weighted by molar-refractivity contribution is -0.159. The first-order chi connectivity index (χ1) is 6.63. The molecule has 0 aromatic carbocycles. The van der Waals surface area contributed by atoms with Crippen LogP contribution >= 0.6 is 0 Å². The van der Waals surface area contributed by atoms with Gasteiger partial charge in [-0.2, -0.15) is 17.2 Å². The van der Waals surface area contributed by atoms with Crippen LogP contribution in [-0.2, 0) is 19.6 Å². The van der Waals surface area contributed by atoms with E-state index in [1.54, 1.807) is 6.92 Å². The maximum absolute atomic E-state index is 12.8. The second-order valence-corrected chi connectivity index (χ2v) is 4.41. The number of hydrogen-bond donors (Lipinski definition) is 1. The summed E-state index contributed by atoms with van der Waals surface area (Å²) in [6.07, 6.45) is -1.92. The van der Waals surface area contributed by atoms with Gasteiger partial charge < -0.3 is 4.74 Å². The van der Waals surface area contributed by atoms with Crippen molar-refractivity contribution in [2.45, 2.75) is 38.0 Å². The fourth-order valence-electron chi connectivity index (χ4n) is 0.739. The number of ether oxygens (including phenoxy) is 1. The van der Waals surface area contributed by atoms with Gasteiger partial charge in [0.25, 0.3) is 0 Å². The highest BCUT2D eigenvalue weighted by Crippen LogP contribution is 2.27. The number of hydrogen-bond acceptors (Lipinski definition) is 4. The maximum atomic E-state index is 12.8. The summed E-state index contributed by atoms with van der Waals surface area (Å²) in [6, 6.07) is 0. The van der Waals surface area contributed by atoms with E-state index in [0.29, 0.717) is 13.3 Å². The van der Waals surface area contributed by atoms with Gasteiger partial charge in [0.2, 0.25) is 0 Å². The maximum Gasteiger partial charge on any atom is 0.405 e. The SMILES string of the molecule is CCCC(=O)OC(C)C(F)(F)S(=O)(=O)O. The summed E-state index contributed by atoms with van der Waals surface area (Å²) in [7, 11) is -5.57. The number of halogens is 2. The van der Waals surface area contributed by atoms with Crippen molar-refractivity contribution >= 4 is 16.1 Å². The zero-order valence-corrected chi connectivity index (χ0v) is 9.05. The minimum atomic E-state index is -5.57. The van der Waals surface area contributed by atoms with Gasteiger partial charge in [0.05, 0.1) is 0 Å². The topological polar surface area (TPSA) is 80.7 Å². The Balaban J connectivity index is 4.59. The molecule has 15 heavy (non-hydrogen) atoms. The van der Waals surface area contributed by atoms with E-state index in [-0.39, 0.29) is 6.42 Å². The molecule has 0 aliphatic heterocycles. The number of carbonyl (C=O) groups is 1. The van der Waals surface area contributed by atoms with E-state index in [4.69, 9.17) is 4.55 Å². The van der Waals surface area contributed by atoms with E-state index < -0.39 is 27.4 Å². The summed E-state index contributed by atoms with van der Waals surface area (Å²) in [6.45, 7) is 2.33. The average Bonchev–Trinajstić information content (AvgIpc) is 2.02. The van der Waals surface area contributed by atoms with Crippen LogP contribution < -0.4 is 0 Å². The Hall–Kier alpha value is -0.760. The molecular weight excluding hydrogens is 234 g/mol. The smallest absolute Gasteiger partial charge is 0.405 e. The van der Waals surface area contributed by atoms with E-state index in [1.165, 1.54) is 0 Å². The molecular formula is C7H12F2O5S. The van der Waals surface area contributed by atoms with Gasteiger partial charge in [-0.05, 0) is 13.3 Å². The van der Waals surface area contributed by atoms with E-state index in [1.807, 2.05) is 0 Å². The minimum absolute atomic E-state index is 0.0914. The number of alkyl halides is 2. The van der Waals surface area contributed by atoms with E-state index in [0.717, 1.165) is 0 Å². The third kappa shape index (κ3) is 3.71. The van der Waals surface area contributed by atoms with Gasteiger partial charge >= 0.3 is 21.3 Å². The molecule has 0 spiro atoms. The third-order valence-corrected chi connectivity index (χ3v) is 2.60. The van der Waals surface area contributed by atoms with Crippen LogP contribution in [0.15, 0.2) is 0 Å². The Morgan fingerprint density at radius 2 is 2.00 bits per heavy atom. The lowest BCUT2D eigenvalue weighted by Gasteiger charge is -2.20. The van der Waals surface area contributed by atoms with Crippen molar-refractivity contribution in [1.29, 1.82) is 0 Å². The second-order valence-electron chi connectivity index (χ2n) is 2.92. The second kappa shape index (κ2) is 4.84. The van der Waals surface area contributed by atoms with E-state index >= 15 is 0 Å². The van der Waals surface area contributed by atoms with Crippen LogP contribution in [0.25, 0.3) is 0 Å². The Bertz CT molecular complexity index is 324. The molecule has 0 aromatic rings. The molecule has 0 aliphatic carbocycles. The van der Waals surface area contributed by atoms with Crippen molar-refractivity contribution in [2.24, 2.45) is 0 Å². The molecule has 5 nitrogen and oxygen atoms in total. The number of rotatable bonds is 5. The Kier molecular flexibility index (Phi) is 4.60. The predicted octanol–water partition coefficient (Wildman–Crippen LogP) is 1.20. The van der Waals surface area contributed by atoms with Crippen molar-refractivity contribution < 1.29 is 31.3 Å². The van der Waals surface area contributed by atoms with Gasteiger partial charge in [0.1, 0.15) is 0 Å². The standard InChI is InChI=1S/C7H12F2O5S/c1-3-4-6(10)14-5(2)7(8,9)15(11,12)13/h5H,3-4H2,1-2H3,(H,11,12,13). The van der Waals surface area contributed by atoms with Gasteiger partial charge in [0, 0.05) is 6.42 Å². The normalized spacial score (nSPS) is 14.7. The lowest BCUT2D eigenvalue weighted by atomic mass is 10.3. The minimum Gasteiger partial charge on any atom is -0.455 e. The summed E-state index contributed by atoms with van der Waals surface area (Å²) in [4.78, 5) is 10.8. The zero-order valence-electron chi connectivity index (χ0n) is 8.24. The summed E-state index contributed by atoms with van der Waals surface area (Å²) >= 11 is 0. The largest absolute Gasteiger partial charge is 0.455 e. The Morgan fingerprint density at radius 3 is 2.33 bits per heavy atom. The fourth-order valence-corrected chi connectivity index (χ4v) is 1.21. The molecule has 0 amide bonds. The monoisotopic (exact) mass is 246 g/mol. The van der Waals surface area contributed by atoms with Gasteiger partial charge in [-0.3, -0.25) is 9.35 Å². The molecule has 0 aromatic heterocycles. The van der Waals surface area contributed by atoms with Gasteiger partial charge in [-0.1, -0.05) is 6.92 Å². The van der Waals surface area contributed by atoms with Crippen LogP contribution in [-0.4, -0.2) is 30.3 Å². The first-order valence-corrected chi connectivity index (χ1v) is 5.61. The molecule has 8 heteroatoms. The lowest BCUT2D eigenvalue weighted by Crippen LogP contribution is -2.41. The van der Waals surface area contributed by atoms with Crippen molar-refractivity contribution in [1.82, 2.24) is 0 Å². The van der Waals surface area contributed by atoms with Crippen molar-refractivity contribution in [3.05, 3.63) is 0 Å². The molecule has 0 rings (SSSR count). The number of carbonyl (C=O) groups excluding carboxylic acids is 1. The summed E-state index contributed by atoms with van der Waals surface area (Å²) < 4.78 is 58.5. The molecule has 0 heterocycles. The molecule has 0 fully saturated rings. The average molecular weight is 246 g/mol. The molecule has 0 radical (unpaired) electrons. The van der Waals surface area contributed by atoms with E-state index in [2.05, 4.69) is 4.74 Å². The molecule has 1 unspecified atom stereocenters.